The lowest BCUT2D eigenvalue weighted by Crippen LogP contribution is -2.21. The van der Waals surface area contributed by atoms with Gasteiger partial charge in [-0.1, -0.05) is 19.1 Å². The highest BCUT2D eigenvalue weighted by Gasteiger charge is 2.17. The maximum atomic E-state index is 12.3. The molecule has 0 radical (unpaired) electrons. The van der Waals surface area contributed by atoms with Crippen molar-refractivity contribution in [3.63, 3.8) is 0 Å². The number of nitrogens with one attached hydrogen (secondary N) is 1. The number of esters is 1. The number of rotatable bonds is 8. The number of amides is 1. The van der Waals surface area contributed by atoms with Crippen LogP contribution < -0.4 is 14.8 Å². The zero-order valence-electron chi connectivity index (χ0n) is 15.5. The van der Waals surface area contributed by atoms with Crippen molar-refractivity contribution < 1.29 is 23.8 Å². The summed E-state index contributed by atoms with van der Waals surface area (Å²) in [5, 5.41) is 2.69. The predicted octanol–water partition coefficient (Wildman–Crippen LogP) is 4.21. The van der Waals surface area contributed by atoms with E-state index in [1.807, 2.05) is 31.2 Å². The van der Waals surface area contributed by atoms with E-state index in [1.54, 1.807) is 6.07 Å². The maximum Gasteiger partial charge on any atom is 0.338 e. The number of hydrogen-bond donors (Lipinski definition) is 1. The Labute approximate surface area is 166 Å². The third kappa shape index (κ3) is 5.72. The number of hydrogen-bond acceptors (Lipinski definition) is 5. The van der Waals surface area contributed by atoms with Crippen molar-refractivity contribution in [2.24, 2.45) is 0 Å². The minimum atomic E-state index is -0.629. The van der Waals surface area contributed by atoms with Crippen molar-refractivity contribution in [2.45, 2.75) is 20.3 Å². The standard InChI is InChI=1S/C20H22BrNO5/c1-4-13-6-8-15(9-7-13)22-18(23)12-27-20(24)14-10-16(21)19(25-3)17(11-14)26-5-2/h6-11H,4-5,12H2,1-3H3,(H,22,23). The zero-order chi connectivity index (χ0) is 19.8. The molecule has 0 aliphatic rings. The van der Waals surface area contributed by atoms with Crippen molar-refractivity contribution in [1.29, 1.82) is 0 Å². The fourth-order valence-electron chi connectivity index (χ4n) is 2.38. The summed E-state index contributed by atoms with van der Waals surface area (Å²) in [4.78, 5) is 24.3. The molecule has 1 amide bonds. The van der Waals surface area contributed by atoms with E-state index in [0.29, 0.717) is 28.3 Å². The molecule has 0 bridgehead atoms. The maximum absolute atomic E-state index is 12.3. The molecule has 0 saturated carbocycles. The van der Waals surface area contributed by atoms with Crippen LogP contribution in [-0.2, 0) is 16.0 Å². The third-order valence-corrected chi connectivity index (χ3v) is 4.32. The van der Waals surface area contributed by atoms with Gasteiger partial charge in [-0.15, -0.1) is 0 Å². The van der Waals surface area contributed by atoms with E-state index in [2.05, 4.69) is 28.2 Å². The van der Waals surface area contributed by atoms with Gasteiger partial charge in [0.25, 0.3) is 5.91 Å². The molecule has 7 heteroatoms. The Morgan fingerprint density at radius 3 is 2.41 bits per heavy atom. The summed E-state index contributed by atoms with van der Waals surface area (Å²) in [7, 11) is 1.51. The molecule has 6 nitrogen and oxygen atoms in total. The number of carbonyl (C=O) groups is 2. The van der Waals surface area contributed by atoms with Gasteiger partial charge in [-0.25, -0.2) is 4.79 Å². The number of halogens is 1. The first-order valence-corrected chi connectivity index (χ1v) is 9.34. The van der Waals surface area contributed by atoms with Crippen LogP contribution in [0.2, 0.25) is 0 Å². The van der Waals surface area contributed by atoms with Gasteiger partial charge in [-0.05, 0) is 59.1 Å². The Morgan fingerprint density at radius 1 is 1.11 bits per heavy atom. The van der Waals surface area contributed by atoms with E-state index in [1.165, 1.54) is 18.7 Å². The summed E-state index contributed by atoms with van der Waals surface area (Å²) >= 11 is 3.34. The smallest absolute Gasteiger partial charge is 0.338 e. The Kier molecular flexibility index (Phi) is 7.67. The minimum Gasteiger partial charge on any atom is -0.492 e. The van der Waals surface area contributed by atoms with Gasteiger partial charge in [0.2, 0.25) is 0 Å². The highest BCUT2D eigenvalue weighted by Crippen LogP contribution is 2.36. The lowest BCUT2D eigenvalue weighted by atomic mass is 10.1. The number of methoxy groups -OCH3 is 1. The Bertz CT molecular complexity index is 805. The minimum absolute atomic E-state index is 0.256. The highest BCUT2D eigenvalue weighted by molar-refractivity contribution is 9.10. The molecule has 0 aliphatic carbocycles. The second-order valence-corrected chi connectivity index (χ2v) is 6.45. The molecule has 2 rings (SSSR count). The molecule has 0 heterocycles. The number of benzene rings is 2. The van der Waals surface area contributed by atoms with E-state index in [4.69, 9.17) is 14.2 Å². The van der Waals surface area contributed by atoms with Crippen LogP contribution in [0.3, 0.4) is 0 Å². The quantitative estimate of drug-likeness (QED) is 0.628. The fraction of sp³-hybridized carbons (Fsp3) is 0.300. The zero-order valence-corrected chi connectivity index (χ0v) is 17.1. The first-order chi connectivity index (χ1) is 13.0. The molecule has 0 aromatic heterocycles. The van der Waals surface area contributed by atoms with Crippen LogP contribution in [0.1, 0.15) is 29.8 Å². The molecule has 2 aromatic rings. The number of anilines is 1. The summed E-state index contributed by atoms with van der Waals surface area (Å²) in [5.74, 6) is -0.135. The van der Waals surface area contributed by atoms with Gasteiger partial charge < -0.3 is 19.5 Å². The lowest BCUT2D eigenvalue weighted by molar-refractivity contribution is -0.119. The summed E-state index contributed by atoms with van der Waals surface area (Å²) in [5.41, 5.74) is 2.08. The molecule has 2 aromatic carbocycles. The topological polar surface area (TPSA) is 73.9 Å². The molecule has 0 unspecified atom stereocenters. The van der Waals surface area contributed by atoms with Crippen molar-refractivity contribution in [2.75, 3.05) is 25.6 Å². The van der Waals surface area contributed by atoms with Crippen LogP contribution in [0.25, 0.3) is 0 Å². The van der Waals surface area contributed by atoms with Gasteiger partial charge in [0.05, 0.1) is 23.8 Å². The SMILES string of the molecule is CCOc1cc(C(=O)OCC(=O)Nc2ccc(CC)cc2)cc(Br)c1OC. The van der Waals surface area contributed by atoms with Crippen LogP contribution in [0.15, 0.2) is 40.9 Å². The lowest BCUT2D eigenvalue weighted by Gasteiger charge is -2.13. The van der Waals surface area contributed by atoms with E-state index in [0.717, 1.165) is 6.42 Å². The van der Waals surface area contributed by atoms with Crippen molar-refractivity contribution in [3.8, 4) is 11.5 Å². The second-order valence-electron chi connectivity index (χ2n) is 5.60. The van der Waals surface area contributed by atoms with Crippen molar-refractivity contribution in [3.05, 3.63) is 52.0 Å². The molecule has 0 atom stereocenters. The van der Waals surface area contributed by atoms with E-state index in [-0.39, 0.29) is 12.2 Å². The Balaban J connectivity index is 1.99. The number of carbonyl (C=O) groups excluding carboxylic acids is 2. The molecule has 0 aliphatic heterocycles. The van der Waals surface area contributed by atoms with Crippen LogP contribution in [-0.4, -0.2) is 32.2 Å². The average molecular weight is 436 g/mol. The molecule has 144 valence electrons. The molecule has 27 heavy (non-hydrogen) atoms. The van der Waals surface area contributed by atoms with E-state index < -0.39 is 11.9 Å². The molecule has 1 N–H and O–H groups in total. The second kappa shape index (κ2) is 9.97. The summed E-state index contributed by atoms with van der Waals surface area (Å²) < 4.78 is 16.4. The van der Waals surface area contributed by atoms with Gasteiger partial charge in [-0.3, -0.25) is 4.79 Å². The van der Waals surface area contributed by atoms with Crippen LogP contribution >= 0.6 is 15.9 Å². The van der Waals surface area contributed by atoms with Crippen molar-refractivity contribution >= 4 is 33.5 Å². The normalized spacial score (nSPS) is 10.2. The first kappa shape index (κ1) is 20.8. The van der Waals surface area contributed by atoms with Crippen LogP contribution in [0.4, 0.5) is 5.69 Å². The van der Waals surface area contributed by atoms with Crippen molar-refractivity contribution in [1.82, 2.24) is 0 Å². The van der Waals surface area contributed by atoms with E-state index >= 15 is 0 Å². The monoisotopic (exact) mass is 435 g/mol. The highest BCUT2D eigenvalue weighted by atomic mass is 79.9. The summed E-state index contributed by atoms with van der Waals surface area (Å²) in [6.07, 6.45) is 0.924. The Morgan fingerprint density at radius 2 is 1.81 bits per heavy atom. The molecule has 0 saturated heterocycles. The largest absolute Gasteiger partial charge is 0.492 e. The van der Waals surface area contributed by atoms with Gasteiger partial charge >= 0.3 is 5.97 Å². The van der Waals surface area contributed by atoms with Gasteiger partial charge in [-0.2, -0.15) is 0 Å². The molecule has 0 spiro atoms. The van der Waals surface area contributed by atoms with Gasteiger partial charge in [0.15, 0.2) is 18.1 Å². The van der Waals surface area contributed by atoms with Gasteiger partial charge in [0.1, 0.15) is 0 Å². The van der Waals surface area contributed by atoms with Gasteiger partial charge in [0, 0.05) is 5.69 Å². The molecular formula is C20H22BrNO5. The Hall–Kier alpha value is -2.54. The number of ether oxygens (including phenoxy) is 3. The summed E-state index contributed by atoms with van der Waals surface area (Å²) in [6, 6.07) is 10.6. The van der Waals surface area contributed by atoms with Crippen LogP contribution in [0, 0.1) is 0 Å². The first-order valence-electron chi connectivity index (χ1n) is 8.54. The molecular weight excluding hydrogens is 414 g/mol. The summed E-state index contributed by atoms with van der Waals surface area (Å²) in [6.45, 7) is 3.92. The number of aryl methyl sites for hydroxylation is 1. The fourth-order valence-corrected chi connectivity index (χ4v) is 2.99. The van der Waals surface area contributed by atoms with E-state index in [9.17, 15) is 9.59 Å². The third-order valence-electron chi connectivity index (χ3n) is 3.73. The molecule has 0 fully saturated rings. The van der Waals surface area contributed by atoms with Crippen LogP contribution in [0.5, 0.6) is 11.5 Å². The average Bonchev–Trinajstić information content (AvgIpc) is 2.66. The predicted molar refractivity (Wildman–Crippen MR) is 107 cm³/mol.